The van der Waals surface area contributed by atoms with E-state index in [2.05, 4.69) is 19.1 Å². The van der Waals surface area contributed by atoms with Gasteiger partial charge in [0.15, 0.2) is 0 Å². The summed E-state index contributed by atoms with van der Waals surface area (Å²) in [6.07, 6.45) is 3.53. The molecule has 0 amide bonds. The van der Waals surface area contributed by atoms with Crippen molar-refractivity contribution in [2.24, 2.45) is 0 Å². The van der Waals surface area contributed by atoms with E-state index in [9.17, 15) is 5.11 Å². The molecule has 0 bridgehead atoms. The van der Waals surface area contributed by atoms with Crippen LogP contribution < -0.4 is 4.74 Å². The topological polar surface area (TPSA) is 29.5 Å². The first-order chi connectivity index (χ1) is 10.1. The molecule has 2 rings (SSSR count). The third-order valence-electron chi connectivity index (χ3n) is 3.66. The summed E-state index contributed by atoms with van der Waals surface area (Å²) in [7, 11) is 0. The molecule has 0 aromatic heterocycles. The number of hydrogen-bond donors (Lipinski definition) is 1. The second-order valence-corrected chi connectivity index (χ2v) is 5.68. The van der Waals surface area contributed by atoms with E-state index in [1.807, 2.05) is 42.5 Å². The number of hydrogen-bond acceptors (Lipinski definition) is 2. The van der Waals surface area contributed by atoms with E-state index in [0.717, 1.165) is 17.7 Å². The summed E-state index contributed by atoms with van der Waals surface area (Å²) in [6.45, 7) is 4.21. The number of ether oxygens (including phenoxy) is 1. The molecule has 0 fully saturated rings. The molecule has 2 aromatic carbocycles. The quantitative estimate of drug-likeness (QED) is 0.820. The summed E-state index contributed by atoms with van der Waals surface area (Å²) in [5.41, 5.74) is 1.21. The van der Waals surface area contributed by atoms with Gasteiger partial charge >= 0.3 is 0 Å². The molecule has 0 saturated heterocycles. The first-order valence-corrected chi connectivity index (χ1v) is 7.61. The van der Waals surface area contributed by atoms with Crippen LogP contribution in [-0.4, -0.2) is 11.7 Å². The second kappa shape index (κ2) is 7.28. The van der Waals surface area contributed by atoms with Crippen molar-refractivity contribution >= 4 is 0 Å². The molecule has 0 heterocycles. The maximum absolute atomic E-state index is 10.5. The highest BCUT2D eigenvalue weighted by Gasteiger charge is 2.23. The predicted molar refractivity (Wildman–Crippen MR) is 86.6 cm³/mol. The van der Waals surface area contributed by atoms with Crippen molar-refractivity contribution in [2.75, 3.05) is 6.61 Å². The fourth-order valence-electron chi connectivity index (χ4n) is 2.24. The summed E-state index contributed by atoms with van der Waals surface area (Å²) >= 11 is 0. The molecule has 0 aliphatic heterocycles. The van der Waals surface area contributed by atoms with Gasteiger partial charge in [-0.3, -0.25) is 0 Å². The minimum absolute atomic E-state index is 0.241. The molecule has 2 nitrogen and oxygen atoms in total. The van der Waals surface area contributed by atoms with Gasteiger partial charge in [0.2, 0.25) is 0 Å². The molecular formula is C19H24O2. The van der Waals surface area contributed by atoms with Crippen molar-refractivity contribution < 1.29 is 9.84 Å². The van der Waals surface area contributed by atoms with Crippen LogP contribution in [0.15, 0.2) is 54.6 Å². The van der Waals surface area contributed by atoms with E-state index < -0.39 is 5.60 Å². The van der Waals surface area contributed by atoms with Gasteiger partial charge in [-0.1, -0.05) is 55.8 Å². The van der Waals surface area contributed by atoms with Gasteiger partial charge in [0.05, 0.1) is 0 Å². The Morgan fingerprint density at radius 2 is 1.67 bits per heavy atom. The zero-order chi connectivity index (χ0) is 15.1. The summed E-state index contributed by atoms with van der Waals surface area (Å²) < 4.78 is 5.73. The van der Waals surface area contributed by atoms with E-state index >= 15 is 0 Å². The highest BCUT2D eigenvalue weighted by molar-refractivity contribution is 5.28. The van der Waals surface area contributed by atoms with Crippen molar-refractivity contribution in [1.82, 2.24) is 0 Å². The Morgan fingerprint density at radius 3 is 2.29 bits per heavy atom. The van der Waals surface area contributed by atoms with Crippen molar-refractivity contribution in [3.8, 4) is 5.75 Å². The predicted octanol–water partition coefficient (Wildman–Crippen LogP) is 4.32. The fraction of sp³-hybridized carbons (Fsp3) is 0.368. The standard InChI is InChI=1S/C19H24O2/c1-3-4-8-16-11-13-18(14-12-16)21-15-19(2,20)17-9-6-5-7-10-17/h5-7,9-14,20H,3-4,8,15H2,1-2H3. The lowest BCUT2D eigenvalue weighted by Gasteiger charge is -2.24. The minimum Gasteiger partial charge on any atom is -0.490 e. The van der Waals surface area contributed by atoms with Crippen LogP contribution in [0, 0.1) is 0 Å². The zero-order valence-electron chi connectivity index (χ0n) is 12.9. The SMILES string of the molecule is CCCCc1ccc(OCC(C)(O)c2ccccc2)cc1. The molecule has 21 heavy (non-hydrogen) atoms. The molecule has 2 aromatic rings. The van der Waals surface area contributed by atoms with Crippen LogP contribution in [0.2, 0.25) is 0 Å². The average molecular weight is 284 g/mol. The summed E-state index contributed by atoms with van der Waals surface area (Å²) in [5.74, 6) is 0.798. The summed E-state index contributed by atoms with van der Waals surface area (Å²) in [6, 6.07) is 17.8. The first-order valence-electron chi connectivity index (χ1n) is 7.61. The Morgan fingerprint density at radius 1 is 1.00 bits per heavy atom. The Labute approximate surface area is 127 Å². The monoisotopic (exact) mass is 284 g/mol. The van der Waals surface area contributed by atoms with Crippen LogP contribution in [0.1, 0.15) is 37.8 Å². The van der Waals surface area contributed by atoms with Crippen LogP contribution in [0.25, 0.3) is 0 Å². The van der Waals surface area contributed by atoms with Gasteiger partial charge in [-0.2, -0.15) is 0 Å². The Kier molecular flexibility index (Phi) is 5.40. The van der Waals surface area contributed by atoms with E-state index in [4.69, 9.17) is 4.74 Å². The second-order valence-electron chi connectivity index (χ2n) is 5.68. The van der Waals surface area contributed by atoms with Gasteiger partial charge in [-0.25, -0.2) is 0 Å². The number of benzene rings is 2. The fourth-order valence-corrected chi connectivity index (χ4v) is 2.24. The molecular weight excluding hydrogens is 260 g/mol. The third-order valence-corrected chi connectivity index (χ3v) is 3.66. The van der Waals surface area contributed by atoms with Crippen molar-refractivity contribution in [3.63, 3.8) is 0 Å². The molecule has 2 heteroatoms. The summed E-state index contributed by atoms with van der Waals surface area (Å²) in [5, 5.41) is 10.5. The molecule has 112 valence electrons. The van der Waals surface area contributed by atoms with Gasteiger partial charge in [-0.15, -0.1) is 0 Å². The van der Waals surface area contributed by atoms with Gasteiger partial charge in [0, 0.05) is 0 Å². The first kappa shape index (κ1) is 15.6. The van der Waals surface area contributed by atoms with E-state index in [0.29, 0.717) is 0 Å². The lowest BCUT2D eigenvalue weighted by atomic mass is 9.97. The number of unbranched alkanes of at least 4 members (excludes halogenated alkanes) is 1. The smallest absolute Gasteiger partial charge is 0.121 e. The zero-order valence-corrected chi connectivity index (χ0v) is 12.9. The largest absolute Gasteiger partial charge is 0.490 e. The third kappa shape index (κ3) is 4.61. The van der Waals surface area contributed by atoms with Crippen LogP contribution in [0.5, 0.6) is 5.75 Å². The van der Waals surface area contributed by atoms with Crippen molar-refractivity contribution in [1.29, 1.82) is 0 Å². The molecule has 0 radical (unpaired) electrons. The average Bonchev–Trinajstić information content (AvgIpc) is 2.53. The van der Waals surface area contributed by atoms with Gasteiger partial charge < -0.3 is 9.84 Å². The van der Waals surface area contributed by atoms with Crippen LogP contribution in [0.3, 0.4) is 0 Å². The lowest BCUT2D eigenvalue weighted by molar-refractivity contribution is 0.00759. The number of aliphatic hydroxyl groups is 1. The summed E-state index contributed by atoms with van der Waals surface area (Å²) in [4.78, 5) is 0. The molecule has 1 atom stereocenters. The van der Waals surface area contributed by atoms with Crippen LogP contribution in [0.4, 0.5) is 0 Å². The van der Waals surface area contributed by atoms with Gasteiger partial charge in [-0.05, 0) is 43.0 Å². The molecule has 0 aliphatic rings. The number of rotatable bonds is 7. The number of aryl methyl sites for hydroxylation is 1. The van der Waals surface area contributed by atoms with E-state index in [1.165, 1.54) is 18.4 Å². The van der Waals surface area contributed by atoms with Gasteiger partial charge in [0.25, 0.3) is 0 Å². The molecule has 0 spiro atoms. The molecule has 0 aliphatic carbocycles. The lowest BCUT2D eigenvalue weighted by Crippen LogP contribution is -2.29. The molecule has 1 N–H and O–H groups in total. The molecule has 1 unspecified atom stereocenters. The maximum Gasteiger partial charge on any atom is 0.121 e. The Hall–Kier alpha value is -1.80. The maximum atomic E-state index is 10.5. The normalized spacial score (nSPS) is 13.7. The van der Waals surface area contributed by atoms with E-state index in [-0.39, 0.29) is 6.61 Å². The van der Waals surface area contributed by atoms with Crippen LogP contribution >= 0.6 is 0 Å². The van der Waals surface area contributed by atoms with Crippen LogP contribution in [-0.2, 0) is 12.0 Å². The molecule has 0 saturated carbocycles. The van der Waals surface area contributed by atoms with Crippen molar-refractivity contribution in [3.05, 3.63) is 65.7 Å². The van der Waals surface area contributed by atoms with Crippen molar-refractivity contribution in [2.45, 2.75) is 38.7 Å². The van der Waals surface area contributed by atoms with E-state index in [1.54, 1.807) is 6.92 Å². The minimum atomic E-state index is -0.984. The highest BCUT2D eigenvalue weighted by atomic mass is 16.5. The Bertz CT molecular complexity index is 529. The Balaban J connectivity index is 1.93. The highest BCUT2D eigenvalue weighted by Crippen LogP contribution is 2.22. The van der Waals surface area contributed by atoms with Gasteiger partial charge in [0.1, 0.15) is 18.0 Å².